The normalized spacial score (nSPS) is 19.0. The number of carbonyl (C=O) groups is 1. The predicted octanol–water partition coefficient (Wildman–Crippen LogP) is 2.48. The fourth-order valence-electron chi connectivity index (χ4n) is 4.39. The first-order chi connectivity index (χ1) is 14.4. The minimum Gasteiger partial charge on any atom is -0.493 e. The van der Waals surface area contributed by atoms with E-state index in [4.69, 9.17) is 9.47 Å². The summed E-state index contributed by atoms with van der Waals surface area (Å²) in [7, 11) is 3.33. The Balaban J connectivity index is 1.95. The summed E-state index contributed by atoms with van der Waals surface area (Å²) in [5.74, 6) is 1.47. The highest BCUT2D eigenvalue weighted by Gasteiger charge is 2.37. The molecular weight excluding hydrogens is 378 g/mol. The Morgan fingerprint density at radius 3 is 2.37 bits per heavy atom. The lowest BCUT2D eigenvalue weighted by Gasteiger charge is -2.38. The highest BCUT2D eigenvalue weighted by molar-refractivity contribution is 5.74. The van der Waals surface area contributed by atoms with Crippen LogP contribution in [0.15, 0.2) is 42.5 Å². The van der Waals surface area contributed by atoms with Crippen LogP contribution < -0.4 is 25.0 Å². The lowest BCUT2D eigenvalue weighted by molar-refractivity contribution is -0.948. The molecule has 0 saturated carbocycles. The average molecular weight is 413 g/mol. The van der Waals surface area contributed by atoms with Crippen LogP contribution in [0.3, 0.4) is 0 Å². The molecule has 2 aromatic carbocycles. The van der Waals surface area contributed by atoms with E-state index in [9.17, 15) is 4.79 Å². The zero-order valence-electron chi connectivity index (χ0n) is 18.6. The number of hydrogen-bond donors (Lipinski definition) is 3. The van der Waals surface area contributed by atoms with E-state index in [-0.39, 0.29) is 24.2 Å². The number of nitrogens with one attached hydrogen (secondary N) is 3. The summed E-state index contributed by atoms with van der Waals surface area (Å²) in [5, 5.41) is 6.10. The molecule has 0 spiro atoms. The van der Waals surface area contributed by atoms with Gasteiger partial charge in [-0.3, -0.25) is 0 Å². The van der Waals surface area contributed by atoms with Gasteiger partial charge < -0.3 is 25.0 Å². The van der Waals surface area contributed by atoms with Crippen molar-refractivity contribution in [3.8, 4) is 11.5 Å². The van der Waals surface area contributed by atoms with Crippen LogP contribution >= 0.6 is 0 Å². The Bertz CT molecular complexity index is 854. The smallest absolute Gasteiger partial charge is 0.315 e. The predicted molar refractivity (Wildman–Crippen MR) is 118 cm³/mol. The van der Waals surface area contributed by atoms with Gasteiger partial charge in [-0.25, -0.2) is 4.79 Å². The molecule has 3 N–H and O–H groups in total. The summed E-state index contributed by atoms with van der Waals surface area (Å²) in [4.78, 5) is 13.9. The lowest BCUT2D eigenvalue weighted by Crippen LogP contribution is -3.13. The quantitative estimate of drug-likeness (QED) is 0.655. The van der Waals surface area contributed by atoms with Crippen LogP contribution in [0, 0.1) is 0 Å². The van der Waals surface area contributed by atoms with Gasteiger partial charge in [0.25, 0.3) is 0 Å². The Morgan fingerprint density at radius 1 is 1.07 bits per heavy atom. The highest BCUT2D eigenvalue weighted by atomic mass is 16.5. The van der Waals surface area contributed by atoms with Crippen molar-refractivity contribution in [3.05, 3.63) is 59.2 Å². The molecule has 0 bridgehead atoms. The second-order valence-electron chi connectivity index (χ2n) is 8.27. The molecule has 1 aliphatic heterocycles. The molecule has 1 heterocycles. The fraction of sp³-hybridized carbons (Fsp3) is 0.458. The molecule has 0 radical (unpaired) electrons. The van der Waals surface area contributed by atoms with Crippen LogP contribution in [0.5, 0.6) is 11.5 Å². The van der Waals surface area contributed by atoms with E-state index in [1.54, 1.807) is 14.2 Å². The number of urea groups is 1. The second-order valence-corrected chi connectivity index (χ2v) is 8.27. The van der Waals surface area contributed by atoms with Crippen molar-refractivity contribution in [2.75, 3.05) is 20.8 Å². The van der Waals surface area contributed by atoms with E-state index in [1.807, 2.05) is 19.9 Å². The van der Waals surface area contributed by atoms with Crippen molar-refractivity contribution in [1.82, 2.24) is 10.6 Å². The minimum atomic E-state index is -0.135. The number of hydrogen-bond acceptors (Lipinski definition) is 3. The van der Waals surface area contributed by atoms with Crippen LogP contribution in [0.25, 0.3) is 0 Å². The van der Waals surface area contributed by atoms with Gasteiger partial charge in [-0.15, -0.1) is 0 Å². The molecule has 30 heavy (non-hydrogen) atoms. The first kappa shape index (κ1) is 22.0. The zero-order chi connectivity index (χ0) is 21.7. The molecule has 0 saturated heterocycles. The van der Waals surface area contributed by atoms with E-state index in [1.165, 1.54) is 21.6 Å². The maximum absolute atomic E-state index is 12.4. The van der Waals surface area contributed by atoms with Crippen molar-refractivity contribution in [2.45, 2.75) is 51.9 Å². The third-order valence-corrected chi connectivity index (χ3v) is 5.69. The van der Waals surface area contributed by atoms with Gasteiger partial charge in [-0.1, -0.05) is 30.3 Å². The van der Waals surface area contributed by atoms with Crippen LogP contribution in [-0.2, 0) is 13.0 Å². The number of methoxy groups -OCH3 is 2. The van der Waals surface area contributed by atoms with E-state index in [0.717, 1.165) is 31.0 Å². The monoisotopic (exact) mass is 412 g/mol. The molecule has 3 atom stereocenters. The number of amides is 2. The van der Waals surface area contributed by atoms with E-state index < -0.39 is 0 Å². The number of benzene rings is 2. The molecule has 6 nitrogen and oxygen atoms in total. The zero-order valence-corrected chi connectivity index (χ0v) is 18.6. The molecule has 162 valence electrons. The fourth-order valence-corrected chi connectivity index (χ4v) is 4.39. The molecule has 0 aliphatic carbocycles. The van der Waals surface area contributed by atoms with Gasteiger partial charge in [0.05, 0.1) is 26.8 Å². The third-order valence-electron chi connectivity index (χ3n) is 5.69. The topological polar surface area (TPSA) is 64.0 Å². The summed E-state index contributed by atoms with van der Waals surface area (Å²) in [6.45, 7) is 7.90. The molecule has 6 heteroatoms. The van der Waals surface area contributed by atoms with Gasteiger partial charge in [0.2, 0.25) is 0 Å². The Hall–Kier alpha value is -2.73. The van der Waals surface area contributed by atoms with Crippen molar-refractivity contribution >= 4 is 6.03 Å². The number of ether oxygens (including phenoxy) is 2. The van der Waals surface area contributed by atoms with Crippen molar-refractivity contribution in [2.24, 2.45) is 0 Å². The van der Waals surface area contributed by atoms with Crippen molar-refractivity contribution in [3.63, 3.8) is 0 Å². The third kappa shape index (κ3) is 5.05. The second kappa shape index (κ2) is 9.85. The molecule has 3 rings (SSSR count). The Morgan fingerprint density at radius 2 is 1.73 bits per heavy atom. The molecule has 0 aromatic heterocycles. The van der Waals surface area contributed by atoms with Gasteiger partial charge in [-0.2, -0.15) is 0 Å². The standard InChI is InChI=1S/C24H33N3O3/c1-16(2)25-24(28)26-17(3)23-20-14-22(30-5)21(29-4)13-19(20)11-12-27(23)15-18-9-7-6-8-10-18/h6-10,13-14,16-17,23H,11-12,15H2,1-5H3,(H2,25,26,28)/p+1/t17-,23-/m0/s1. The first-order valence-corrected chi connectivity index (χ1v) is 10.6. The van der Waals surface area contributed by atoms with E-state index >= 15 is 0 Å². The number of rotatable bonds is 7. The molecular formula is C24H34N3O3+. The molecule has 2 aromatic rings. The number of quaternary nitrogens is 1. The number of fused-ring (bicyclic) bond motifs is 1. The summed E-state index contributed by atoms with van der Waals surface area (Å²) in [6.07, 6.45) is 0.958. The summed E-state index contributed by atoms with van der Waals surface area (Å²) < 4.78 is 11.1. The van der Waals surface area contributed by atoms with Crippen LogP contribution in [0.2, 0.25) is 0 Å². The van der Waals surface area contributed by atoms with Crippen LogP contribution in [0.4, 0.5) is 4.79 Å². The molecule has 0 fully saturated rings. The molecule has 1 aliphatic rings. The van der Waals surface area contributed by atoms with Gasteiger partial charge in [0.15, 0.2) is 11.5 Å². The largest absolute Gasteiger partial charge is 0.493 e. The summed E-state index contributed by atoms with van der Waals surface area (Å²) >= 11 is 0. The average Bonchev–Trinajstić information content (AvgIpc) is 2.72. The van der Waals surface area contributed by atoms with E-state index in [2.05, 4.69) is 54.0 Å². The van der Waals surface area contributed by atoms with E-state index in [0.29, 0.717) is 0 Å². The molecule has 2 amide bonds. The SMILES string of the molecule is COc1cc2c(cc1OC)[C@H]([C@H](C)NC(=O)NC(C)C)[NH+](Cc1ccccc1)CC2. The van der Waals surface area contributed by atoms with Crippen LogP contribution in [0.1, 0.15) is 43.5 Å². The highest BCUT2D eigenvalue weighted by Crippen LogP contribution is 2.35. The van der Waals surface area contributed by atoms with Gasteiger partial charge in [0, 0.05) is 23.6 Å². The van der Waals surface area contributed by atoms with Gasteiger partial charge in [0.1, 0.15) is 12.6 Å². The summed E-state index contributed by atoms with van der Waals surface area (Å²) in [5.41, 5.74) is 3.76. The Labute approximate surface area is 179 Å². The van der Waals surface area contributed by atoms with Crippen LogP contribution in [-0.4, -0.2) is 38.9 Å². The first-order valence-electron chi connectivity index (χ1n) is 10.6. The van der Waals surface area contributed by atoms with Crippen molar-refractivity contribution < 1.29 is 19.2 Å². The molecule has 1 unspecified atom stereocenters. The lowest BCUT2D eigenvalue weighted by atomic mass is 9.87. The Kier molecular flexibility index (Phi) is 7.21. The van der Waals surface area contributed by atoms with Gasteiger partial charge in [-0.05, 0) is 38.5 Å². The number of carbonyl (C=O) groups excluding carboxylic acids is 1. The summed E-state index contributed by atoms with van der Waals surface area (Å²) in [6, 6.07) is 14.7. The van der Waals surface area contributed by atoms with Crippen molar-refractivity contribution in [1.29, 1.82) is 0 Å². The minimum absolute atomic E-state index is 0.0559. The maximum Gasteiger partial charge on any atom is 0.315 e. The maximum atomic E-state index is 12.4. The van der Waals surface area contributed by atoms with Gasteiger partial charge >= 0.3 is 6.03 Å².